The summed E-state index contributed by atoms with van der Waals surface area (Å²) in [7, 11) is -3.73. The summed E-state index contributed by atoms with van der Waals surface area (Å²) in [4.78, 5) is 12.6. The number of sulfonamides is 1. The van der Waals surface area contributed by atoms with Crippen molar-refractivity contribution in [3.63, 3.8) is 0 Å². The van der Waals surface area contributed by atoms with Crippen molar-refractivity contribution in [1.29, 1.82) is 0 Å². The lowest BCUT2D eigenvalue weighted by Crippen LogP contribution is -2.44. The zero-order chi connectivity index (χ0) is 18.4. The number of amides is 1. The number of nitrogens with one attached hydrogen (secondary N) is 2. The van der Waals surface area contributed by atoms with Gasteiger partial charge in [-0.2, -0.15) is 16.5 Å². The van der Waals surface area contributed by atoms with Gasteiger partial charge in [-0.25, -0.2) is 8.42 Å². The summed E-state index contributed by atoms with van der Waals surface area (Å²) in [5, 5.41) is 4.99. The van der Waals surface area contributed by atoms with E-state index in [1.54, 1.807) is 48.3 Å². The molecule has 25 heavy (non-hydrogen) atoms. The fourth-order valence-corrected chi connectivity index (χ4v) is 4.99. The van der Waals surface area contributed by atoms with Crippen molar-refractivity contribution in [1.82, 2.24) is 4.72 Å². The molecule has 5 nitrogen and oxygen atoms in total. The highest BCUT2D eigenvalue weighted by molar-refractivity contribution is 7.98. The highest BCUT2D eigenvalue weighted by Crippen LogP contribution is 2.23. The summed E-state index contributed by atoms with van der Waals surface area (Å²) in [6, 6.07) is 7.51. The normalized spacial score (nSPS) is 12.8. The lowest BCUT2D eigenvalue weighted by atomic mass is 10.1. The average Bonchev–Trinajstić information content (AvgIpc) is 3.11. The summed E-state index contributed by atoms with van der Waals surface area (Å²) >= 11 is 8.73. The van der Waals surface area contributed by atoms with Crippen LogP contribution in [0.5, 0.6) is 0 Å². The summed E-state index contributed by atoms with van der Waals surface area (Å²) in [6.07, 6.45) is 2.29. The van der Waals surface area contributed by atoms with Crippen LogP contribution in [0.25, 0.3) is 0 Å². The molecule has 1 aromatic carbocycles. The maximum absolute atomic E-state index is 12.6. The van der Waals surface area contributed by atoms with Crippen LogP contribution in [0.15, 0.2) is 39.9 Å². The van der Waals surface area contributed by atoms with Crippen LogP contribution in [-0.4, -0.2) is 32.4 Å². The van der Waals surface area contributed by atoms with Crippen molar-refractivity contribution in [2.24, 2.45) is 0 Å². The highest BCUT2D eigenvalue weighted by Gasteiger charge is 2.26. The summed E-state index contributed by atoms with van der Waals surface area (Å²) < 4.78 is 27.6. The van der Waals surface area contributed by atoms with E-state index < -0.39 is 22.0 Å². The molecule has 1 heterocycles. The van der Waals surface area contributed by atoms with E-state index in [4.69, 9.17) is 11.6 Å². The summed E-state index contributed by atoms with van der Waals surface area (Å²) in [6.45, 7) is 1.80. The standard InChI is InChI=1S/C16H19ClN2O3S3/c1-11-12(17)5-3-6-13(11)18-16(20)14(8-10-23-2)19-25(21,22)15-7-4-9-24-15/h3-7,9,14,19H,8,10H2,1-2H3,(H,18,20). The Balaban J connectivity index is 2.18. The molecule has 1 atom stereocenters. The molecule has 2 N–H and O–H groups in total. The fourth-order valence-electron chi connectivity index (χ4n) is 2.10. The molecule has 0 fully saturated rings. The molecule has 0 aliphatic carbocycles. The molecule has 0 aliphatic heterocycles. The number of rotatable bonds is 8. The van der Waals surface area contributed by atoms with Gasteiger partial charge in [-0.3, -0.25) is 4.79 Å². The molecule has 136 valence electrons. The van der Waals surface area contributed by atoms with Crippen molar-refractivity contribution in [2.45, 2.75) is 23.6 Å². The zero-order valence-corrected chi connectivity index (χ0v) is 17.0. The van der Waals surface area contributed by atoms with Crippen molar-refractivity contribution in [2.75, 3.05) is 17.3 Å². The Morgan fingerprint density at radius 1 is 1.32 bits per heavy atom. The van der Waals surface area contributed by atoms with Crippen molar-refractivity contribution >= 4 is 56.3 Å². The molecule has 0 saturated carbocycles. The number of hydrogen-bond acceptors (Lipinski definition) is 5. The number of hydrogen-bond donors (Lipinski definition) is 2. The van der Waals surface area contributed by atoms with Gasteiger partial charge >= 0.3 is 0 Å². The van der Waals surface area contributed by atoms with Crippen LogP contribution in [0.4, 0.5) is 5.69 Å². The fraction of sp³-hybridized carbons (Fsp3) is 0.312. The smallest absolute Gasteiger partial charge is 0.250 e. The Morgan fingerprint density at radius 2 is 2.08 bits per heavy atom. The van der Waals surface area contributed by atoms with Gasteiger partial charge in [-0.1, -0.05) is 23.7 Å². The first-order valence-corrected chi connectivity index (χ1v) is 11.6. The van der Waals surface area contributed by atoms with E-state index in [9.17, 15) is 13.2 Å². The molecule has 0 bridgehead atoms. The number of anilines is 1. The number of thioether (sulfide) groups is 1. The SMILES string of the molecule is CSCCC(NS(=O)(=O)c1cccs1)C(=O)Nc1cccc(Cl)c1C. The van der Waals surface area contributed by atoms with Gasteiger partial charge < -0.3 is 5.32 Å². The Morgan fingerprint density at radius 3 is 2.72 bits per heavy atom. The minimum atomic E-state index is -3.73. The van der Waals surface area contributed by atoms with Crippen LogP contribution in [0.3, 0.4) is 0 Å². The van der Waals surface area contributed by atoms with E-state index in [0.717, 1.165) is 16.9 Å². The van der Waals surface area contributed by atoms with Gasteiger partial charge in [-0.15, -0.1) is 11.3 Å². The van der Waals surface area contributed by atoms with Gasteiger partial charge in [0.05, 0.1) is 0 Å². The molecule has 2 aromatic rings. The first-order valence-electron chi connectivity index (χ1n) is 7.46. The number of halogens is 1. The Kier molecular flexibility index (Phi) is 7.33. The number of carbonyl (C=O) groups is 1. The maximum Gasteiger partial charge on any atom is 0.250 e. The Bertz CT molecular complexity index is 823. The third-order valence-electron chi connectivity index (χ3n) is 3.51. The second-order valence-electron chi connectivity index (χ2n) is 5.29. The third-order valence-corrected chi connectivity index (χ3v) is 7.43. The van der Waals surface area contributed by atoms with Crippen LogP contribution >= 0.6 is 34.7 Å². The first-order chi connectivity index (χ1) is 11.8. The quantitative estimate of drug-likeness (QED) is 0.684. The van der Waals surface area contributed by atoms with Gasteiger partial charge in [-0.05, 0) is 54.5 Å². The van der Waals surface area contributed by atoms with Gasteiger partial charge in [0.25, 0.3) is 10.0 Å². The molecular weight excluding hydrogens is 400 g/mol. The van der Waals surface area contributed by atoms with Gasteiger partial charge in [0.2, 0.25) is 5.91 Å². The van der Waals surface area contributed by atoms with E-state index in [1.165, 1.54) is 6.07 Å². The molecule has 0 spiro atoms. The van der Waals surface area contributed by atoms with E-state index in [2.05, 4.69) is 10.0 Å². The first kappa shape index (κ1) is 20.3. The van der Waals surface area contributed by atoms with Crippen molar-refractivity contribution < 1.29 is 13.2 Å². The minimum absolute atomic E-state index is 0.188. The van der Waals surface area contributed by atoms with Crippen LogP contribution < -0.4 is 10.0 Å². The van der Waals surface area contributed by atoms with Gasteiger partial charge in [0, 0.05) is 10.7 Å². The topological polar surface area (TPSA) is 75.3 Å². The lowest BCUT2D eigenvalue weighted by Gasteiger charge is -2.18. The lowest BCUT2D eigenvalue weighted by molar-refractivity contribution is -0.117. The molecule has 1 amide bonds. The molecule has 2 rings (SSSR count). The zero-order valence-electron chi connectivity index (χ0n) is 13.8. The number of carbonyl (C=O) groups excluding carboxylic acids is 1. The monoisotopic (exact) mass is 418 g/mol. The second kappa shape index (κ2) is 9.05. The number of benzene rings is 1. The van der Waals surface area contributed by atoms with Crippen LogP contribution in [0, 0.1) is 6.92 Å². The molecule has 1 aromatic heterocycles. The summed E-state index contributed by atoms with van der Waals surface area (Å²) in [5.41, 5.74) is 1.31. The minimum Gasteiger partial charge on any atom is -0.324 e. The molecule has 9 heteroatoms. The van der Waals surface area contributed by atoms with Crippen molar-refractivity contribution in [3.8, 4) is 0 Å². The number of thiophene rings is 1. The molecule has 0 saturated heterocycles. The van der Waals surface area contributed by atoms with Gasteiger partial charge in [0.15, 0.2) is 0 Å². The van der Waals surface area contributed by atoms with E-state index in [1.807, 2.05) is 6.26 Å². The van der Waals surface area contributed by atoms with E-state index in [0.29, 0.717) is 22.9 Å². The average molecular weight is 419 g/mol. The highest BCUT2D eigenvalue weighted by atomic mass is 35.5. The molecule has 1 unspecified atom stereocenters. The van der Waals surface area contributed by atoms with E-state index >= 15 is 0 Å². The second-order valence-corrected chi connectivity index (χ2v) is 9.57. The van der Waals surface area contributed by atoms with Crippen LogP contribution in [-0.2, 0) is 14.8 Å². The van der Waals surface area contributed by atoms with Crippen molar-refractivity contribution in [3.05, 3.63) is 46.3 Å². The van der Waals surface area contributed by atoms with Crippen LogP contribution in [0.2, 0.25) is 5.02 Å². The largest absolute Gasteiger partial charge is 0.324 e. The Labute approximate surface area is 161 Å². The summed E-state index contributed by atoms with van der Waals surface area (Å²) in [5.74, 6) is 0.249. The molecular formula is C16H19ClN2O3S3. The molecule has 0 aliphatic rings. The third kappa shape index (κ3) is 5.46. The van der Waals surface area contributed by atoms with E-state index in [-0.39, 0.29) is 4.21 Å². The van der Waals surface area contributed by atoms with Gasteiger partial charge in [0.1, 0.15) is 10.3 Å². The predicted molar refractivity (Wildman–Crippen MR) is 106 cm³/mol. The predicted octanol–water partition coefficient (Wildman–Crippen LogP) is 3.75. The van der Waals surface area contributed by atoms with Crippen LogP contribution in [0.1, 0.15) is 12.0 Å². The maximum atomic E-state index is 12.6. The Hall–Kier alpha value is -1.06. The molecule has 0 radical (unpaired) electrons.